The highest BCUT2D eigenvalue weighted by molar-refractivity contribution is 7.94. The van der Waals surface area contributed by atoms with E-state index in [0.29, 0.717) is 27.1 Å². The minimum Gasteiger partial charge on any atom is -0.510 e. The molecule has 0 atom stereocenters. The van der Waals surface area contributed by atoms with Crippen molar-refractivity contribution in [1.82, 2.24) is 0 Å². The van der Waals surface area contributed by atoms with Crippen LogP contribution in [0.5, 0.6) is 11.5 Å². The van der Waals surface area contributed by atoms with Gasteiger partial charge in [0.05, 0.1) is 42.7 Å². The maximum atomic E-state index is 12.6. The van der Waals surface area contributed by atoms with E-state index in [1.165, 1.54) is 33.3 Å². The molecule has 0 spiro atoms. The fourth-order valence-electron chi connectivity index (χ4n) is 2.15. The second-order valence-corrected chi connectivity index (χ2v) is 6.68. The first kappa shape index (κ1) is 23.4. The Labute approximate surface area is 181 Å². The Hall–Kier alpha value is -2.83. The summed E-state index contributed by atoms with van der Waals surface area (Å²) in [5, 5.41) is 32.2. The lowest BCUT2D eigenvalue weighted by molar-refractivity contribution is -0.432. The lowest BCUT2D eigenvalue weighted by Gasteiger charge is -2.13. The molecule has 0 saturated heterocycles. The quantitative estimate of drug-likeness (QED) is 0.116. The van der Waals surface area contributed by atoms with E-state index in [0.717, 1.165) is 12.0 Å². The second kappa shape index (κ2) is 11.4. The molecule has 0 radical (unpaired) electrons. The van der Waals surface area contributed by atoms with Crippen molar-refractivity contribution in [2.75, 3.05) is 19.5 Å². The van der Waals surface area contributed by atoms with Gasteiger partial charge in [0.1, 0.15) is 17.3 Å². The van der Waals surface area contributed by atoms with E-state index in [1.807, 2.05) is 0 Å². The number of allylic oxidation sites excluding steroid dienone is 1. The fourth-order valence-corrected chi connectivity index (χ4v) is 2.74. The molecule has 30 heavy (non-hydrogen) atoms. The number of aliphatic hydroxyl groups excluding tert-OH is 1. The Bertz CT molecular complexity index is 948. The zero-order valence-electron chi connectivity index (χ0n) is 16.1. The van der Waals surface area contributed by atoms with Gasteiger partial charge in [0.2, 0.25) is 0 Å². The van der Waals surface area contributed by atoms with Crippen LogP contribution in [0.25, 0.3) is 0 Å². The third-order valence-electron chi connectivity index (χ3n) is 3.54. The molecule has 10 nitrogen and oxygen atoms in total. The highest BCUT2D eigenvalue weighted by atomic mass is 35.5. The summed E-state index contributed by atoms with van der Waals surface area (Å²) >= 11 is 6.84. The first-order valence-electron chi connectivity index (χ1n) is 8.18. The monoisotopic (exact) mass is 455 g/mol. The summed E-state index contributed by atoms with van der Waals surface area (Å²) < 4.78 is 14.7. The van der Waals surface area contributed by atoms with E-state index < -0.39 is 5.91 Å². The molecule has 0 fully saturated rings. The molecule has 0 heterocycles. The van der Waals surface area contributed by atoms with Gasteiger partial charge in [-0.3, -0.25) is 4.79 Å². The highest BCUT2D eigenvalue weighted by Gasteiger charge is 2.17. The van der Waals surface area contributed by atoms with E-state index in [1.54, 1.807) is 24.3 Å². The van der Waals surface area contributed by atoms with Crippen molar-refractivity contribution >= 4 is 40.9 Å². The van der Waals surface area contributed by atoms with E-state index in [-0.39, 0.29) is 17.1 Å². The van der Waals surface area contributed by atoms with Crippen LogP contribution >= 0.6 is 23.6 Å². The van der Waals surface area contributed by atoms with Gasteiger partial charge in [-0.05, 0) is 31.2 Å². The summed E-state index contributed by atoms with van der Waals surface area (Å²) in [6.45, 7) is 1.31. The topological polar surface area (TPSA) is 131 Å². The highest BCUT2D eigenvalue weighted by Crippen LogP contribution is 2.36. The largest absolute Gasteiger partial charge is 0.510 e. The Balaban J connectivity index is 2.20. The zero-order chi connectivity index (χ0) is 22.1. The minimum atomic E-state index is -0.720. The minimum absolute atomic E-state index is 0.269. The number of rotatable bonds is 9. The number of amides is 1. The van der Waals surface area contributed by atoms with Crippen molar-refractivity contribution in [2.24, 2.45) is 10.2 Å². The van der Waals surface area contributed by atoms with Gasteiger partial charge in [0.25, 0.3) is 5.91 Å². The van der Waals surface area contributed by atoms with Gasteiger partial charge >= 0.3 is 0 Å². The van der Waals surface area contributed by atoms with Crippen molar-refractivity contribution < 1.29 is 34.0 Å². The SMILES string of the molecule is COc1cc(NC(=O)/C(N=Nc2ccc(SOOO)cc2)=C(/C)O)c(OC)cc1Cl. The fraction of sp³-hybridized carbons (Fsp3) is 0.167. The third-order valence-corrected chi connectivity index (χ3v) is 4.43. The molecular weight excluding hydrogens is 438 g/mol. The van der Waals surface area contributed by atoms with E-state index in [4.69, 9.17) is 26.3 Å². The van der Waals surface area contributed by atoms with Crippen molar-refractivity contribution in [1.29, 1.82) is 0 Å². The summed E-state index contributed by atoms with van der Waals surface area (Å²) in [7, 11) is 2.85. The van der Waals surface area contributed by atoms with Gasteiger partial charge in [0, 0.05) is 17.0 Å². The van der Waals surface area contributed by atoms with Crippen LogP contribution in [0.15, 0.2) is 63.0 Å². The van der Waals surface area contributed by atoms with Crippen molar-refractivity contribution in [3.63, 3.8) is 0 Å². The van der Waals surface area contributed by atoms with Gasteiger partial charge in [0.15, 0.2) is 5.70 Å². The van der Waals surface area contributed by atoms with Crippen LogP contribution in [0.1, 0.15) is 6.92 Å². The number of nitrogens with zero attached hydrogens (tertiary/aromatic N) is 2. The molecule has 0 saturated carbocycles. The van der Waals surface area contributed by atoms with Crippen LogP contribution in [0.2, 0.25) is 5.02 Å². The average molecular weight is 456 g/mol. The number of hydrogen-bond acceptors (Lipinski definition) is 10. The first-order chi connectivity index (χ1) is 14.4. The molecule has 0 aliphatic carbocycles. The summed E-state index contributed by atoms with van der Waals surface area (Å²) in [6, 6.07) is 9.38. The smallest absolute Gasteiger partial charge is 0.279 e. The molecular formula is C18H18ClN3O7S. The van der Waals surface area contributed by atoms with Crippen molar-refractivity contribution in [3.8, 4) is 11.5 Å². The maximum Gasteiger partial charge on any atom is 0.279 e. The van der Waals surface area contributed by atoms with Crippen LogP contribution in [0.4, 0.5) is 11.4 Å². The summed E-state index contributed by atoms with van der Waals surface area (Å²) in [4.78, 5) is 13.3. The Morgan fingerprint density at radius 1 is 1.13 bits per heavy atom. The van der Waals surface area contributed by atoms with Crippen molar-refractivity contribution in [3.05, 3.63) is 52.9 Å². The summed E-state index contributed by atoms with van der Waals surface area (Å²) in [6.07, 6.45) is 0. The van der Waals surface area contributed by atoms with Crippen LogP contribution in [-0.4, -0.2) is 30.5 Å². The number of benzene rings is 2. The van der Waals surface area contributed by atoms with Gasteiger partial charge in [-0.25, -0.2) is 5.26 Å². The molecule has 2 aromatic rings. The Morgan fingerprint density at radius 2 is 1.80 bits per heavy atom. The number of ether oxygens (including phenoxy) is 2. The number of carbonyl (C=O) groups excluding carboxylic acids is 1. The van der Waals surface area contributed by atoms with Gasteiger partial charge in [-0.15, -0.1) is 9.45 Å². The third kappa shape index (κ3) is 6.34. The molecule has 0 aliphatic rings. The standard InChI is InChI=1S/C18H18ClN3O7S/c1-10(23)17(22-21-11-4-6-12(7-5-11)30-29-28-25)18(24)20-14-9-15(26-2)13(19)8-16(14)27-3/h4-9,23,25H,1-3H3,(H,20,24)/b17-10+,22-21?. The number of nitrogens with one attached hydrogen (secondary N) is 1. The number of azo groups is 1. The molecule has 0 aliphatic heterocycles. The van der Waals surface area contributed by atoms with Crippen LogP contribution in [0, 0.1) is 0 Å². The molecule has 1 amide bonds. The molecule has 3 N–H and O–H groups in total. The van der Waals surface area contributed by atoms with E-state index in [2.05, 4.69) is 24.9 Å². The molecule has 12 heteroatoms. The average Bonchev–Trinajstić information content (AvgIpc) is 2.73. The Morgan fingerprint density at radius 3 is 2.37 bits per heavy atom. The summed E-state index contributed by atoms with van der Waals surface area (Å²) in [5.74, 6) is -0.434. The number of carbonyl (C=O) groups is 1. The lowest BCUT2D eigenvalue weighted by Crippen LogP contribution is -2.15. The molecule has 0 unspecified atom stereocenters. The molecule has 2 aromatic carbocycles. The summed E-state index contributed by atoms with van der Waals surface area (Å²) in [5.41, 5.74) is 0.369. The predicted octanol–water partition coefficient (Wildman–Crippen LogP) is 5.30. The van der Waals surface area contributed by atoms with Crippen molar-refractivity contribution in [2.45, 2.75) is 11.8 Å². The van der Waals surface area contributed by atoms with E-state index >= 15 is 0 Å². The number of methoxy groups -OCH3 is 2. The van der Waals surface area contributed by atoms with Gasteiger partial charge < -0.3 is 19.9 Å². The molecule has 0 aromatic heterocycles. The second-order valence-electron chi connectivity index (χ2n) is 5.49. The molecule has 160 valence electrons. The number of halogens is 1. The normalized spacial score (nSPS) is 11.9. The zero-order valence-corrected chi connectivity index (χ0v) is 17.7. The number of anilines is 1. The van der Waals surface area contributed by atoms with Crippen LogP contribution in [-0.2, 0) is 14.2 Å². The van der Waals surface area contributed by atoms with Gasteiger partial charge in [-0.2, -0.15) is 5.11 Å². The number of aliphatic hydroxyl groups is 1. The van der Waals surface area contributed by atoms with Gasteiger partial charge in [-0.1, -0.05) is 16.6 Å². The number of hydrogen-bond donors (Lipinski definition) is 3. The molecule has 0 bridgehead atoms. The first-order valence-corrected chi connectivity index (χ1v) is 9.30. The molecule has 2 rings (SSSR count). The van der Waals surface area contributed by atoms with Crippen LogP contribution < -0.4 is 14.8 Å². The predicted molar refractivity (Wildman–Crippen MR) is 110 cm³/mol. The maximum absolute atomic E-state index is 12.6. The van der Waals surface area contributed by atoms with Crippen LogP contribution in [0.3, 0.4) is 0 Å². The Kier molecular flexibility index (Phi) is 8.89. The lowest BCUT2D eigenvalue weighted by atomic mass is 10.2. The van der Waals surface area contributed by atoms with E-state index in [9.17, 15) is 9.90 Å².